The maximum absolute atomic E-state index is 6.49. The zero-order valence-corrected chi connectivity index (χ0v) is 32.0. The summed E-state index contributed by atoms with van der Waals surface area (Å²) in [7, 11) is 0. The number of rotatable bonds is 6. The topological polar surface area (TPSA) is 29.5 Å². The van der Waals surface area contributed by atoms with E-state index in [1.54, 1.807) is 0 Å². The summed E-state index contributed by atoms with van der Waals surface area (Å²) in [4.78, 5) is 2.35. The summed E-state index contributed by atoms with van der Waals surface area (Å²) < 4.78 is 15.3. The lowest BCUT2D eigenvalue weighted by Gasteiger charge is -2.26. The molecule has 0 aliphatic heterocycles. The lowest BCUT2D eigenvalue weighted by molar-refractivity contribution is 0.663. The third-order valence-corrected chi connectivity index (χ3v) is 12.6. The molecule has 0 aliphatic carbocycles. The van der Waals surface area contributed by atoms with Gasteiger partial charge in [-0.3, -0.25) is 0 Å². The number of anilines is 3. The molecule has 0 saturated carbocycles. The van der Waals surface area contributed by atoms with Crippen LogP contribution in [0.2, 0.25) is 0 Å². The first-order valence-corrected chi connectivity index (χ1v) is 20.4. The summed E-state index contributed by atoms with van der Waals surface area (Å²) in [6.45, 7) is 0. The first-order chi connectivity index (χ1) is 28.7. The minimum Gasteiger partial charge on any atom is -0.456 e. The fourth-order valence-electron chi connectivity index (χ4n) is 8.68. The first-order valence-electron chi connectivity index (χ1n) is 19.6. The third-order valence-electron chi connectivity index (χ3n) is 11.5. The summed E-state index contributed by atoms with van der Waals surface area (Å²) in [5, 5.41) is 7.03. The van der Waals surface area contributed by atoms with Crippen LogP contribution in [0.15, 0.2) is 209 Å². The van der Waals surface area contributed by atoms with Crippen LogP contribution in [0.1, 0.15) is 0 Å². The van der Waals surface area contributed by atoms with Crippen LogP contribution in [0, 0.1) is 0 Å². The third kappa shape index (κ3) is 5.34. The molecule has 0 amide bonds. The number of fused-ring (bicyclic) bond motifs is 10. The Labute approximate surface area is 338 Å². The van der Waals surface area contributed by atoms with Crippen molar-refractivity contribution < 1.29 is 8.83 Å². The van der Waals surface area contributed by atoms with Crippen LogP contribution in [-0.4, -0.2) is 0 Å². The highest BCUT2D eigenvalue weighted by Gasteiger charge is 2.18. The zero-order chi connectivity index (χ0) is 38.2. The van der Waals surface area contributed by atoms with Gasteiger partial charge in [0.2, 0.25) is 0 Å². The predicted octanol–water partition coefficient (Wildman–Crippen LogP) is 16.3. The Morgan fingerprint density at radius 1 is 0.293 bits per heavy atom. The smallest absolute Gasteiger partial charge is 0.136 e. The standard InChI is InChI=1S/C54H33NO2S/c1-2-9-34(10-3-1)37-11-8-12-42(31-37)55(41-25-19-36(20-26-41)39-21-27-44-43-13-5-7-16-51(43)58-52(44)33-39)40-23-17-35(18-24-40)38-22-28-46-50(32-38)57-49-30-29-48-53(54(46)49)45-14-4-6-15-47(45)56-48/h1-33H. The molecule has 0 unspecified atom stereocenters. The predicted molar refractivity (Wildman–Crippen MR) is 245 cm³/mol. The van der Waals surface area contributed by atoms with Gasteiger partial charge in [-0.05, 0) is 112 Å². The molecular weight excluding hydrogens is 727 g/mol. The van der Waals surface area contributed by atoms with E-state index in [0.717, 1.165) is 72.1 Å². The van der Waals surface area contributed by atoms with Crippen molar-refractivity contribution in [3.8, 4) is 33.4 Å². The molecule has 58 heavy (non-hydrogen) atoms. The molecule has 0 bridgehead atoms. The largest absolute Gasteiger partial charge is 0.456 e. The van der Waals surface area contributed by atoms with E-state index in [9.17, 15) is 0 Å². The van der Waals surface area contributed by atoms with Crippen LogP contribution in [0.5, 0.6) is 0 Å². The van der Waals surface area contributed by atoms with Crippen molar-refractivity contribution in [2.45, 2.75) is 0 Å². The average Bonchev–Trinajstić information content (AvgIpc) is 3.98. The molecule has 0 N–H and O–H groups in total. The summed E-state index contributed by atoms with van der Waals surface area (Å²) in [6.07, 6.45) is 0. The maximum atomic E-state index is 6.49. The first kappa shape index (κ1) is 32.8. The quantitative estimate of drug-likeness (QED) is 0.169. The van der Waals surface area contributed by atoms with Crippen LogP contribution in [0.4, 0.5) is 17.1 Å². The average molecular weight is 760 g/mol. The highest BCUT2D eigenvalue weighted by molar-refractivity contribution is 7.25. The van der Waals surface area contributed by atoms with Gasteiger partial charge in [-0.15, -0.1) is 11.3 Å². The molecule has 0 radical (unpaired) electrons. The van der Waals surface area contributed by atoms with Gasteiger partial charge in [0.25, 0.3) is 0 Å². The van der Waals surface area contributed by atoms with Crippen molar-refractivity contribution >= 4 is 92.4 Å². The molecule has 272 valence electrons. The molecule has 0 aliphatic rings. The molecule has 0 fully saturated rings. The molecule has 0 spiro atoms. The van der Waals surface area contributed by atoms with E-state index >= 15 is 0 Å². The van der Waals surface area contributed by atoms with Gasteiger partial charge in [0, 0.05) is 58.8 Å². The molecule has 3 aromatic heterocycles. The van der Waals surface area contributed by atoms with E-state index in [0.29, 0.717) is 0 Å². The Hall–Kier alpha value is -7.40. The highest BCUT2D eigenvalue weighted by atomic mass is 32.1. The molecule has 3 heterocycles. The number of para-hydroxylation sites is 1. The van der Waals surface area contributed by atoms with Crippen LogP contribution in [0.25, 0.3) is 97.4 Å². The van der Waals surface area contributed by atoms with Crippen LogP contribution < -0.4 is 4.90 Å². The molecule has 0 saturated heterocycles. The molecule has 12 aromatic rings. The fraction of sp³-hybridized carbons (Fsp3) is 0. The van der Waals surface area contributed by atoms with Crippen molar-refractivity contribution in [1.29, 1.82) is 0 Å². The van der Waals surface area contributed by atoms with Gasteiger partial charge in [-0.1, -0.05) is 121 Å². The number of furan rings is 2. The van der Waals surface area contributed by atoms with Crippen molar-refractivity contribution in [3.63, 3.8) is 0 Å². The van der Waals surface area contributed by atoms with Crippen LogP contribution in [0.3, 0.4) is 0 Å². The molecular formula is C54H33NO2S. The number of nitrogens with zero attached hydrogens (tertiary/aromatic N) is 1. The molecule has 9 aromatic carbocycles. The monoisotopic (exact) mass is 759 g/mol. The number of hydrogen-bond donors (Lipinski definition) is 0. The summed E-state index contributed by atoms with van der Waals surface area (Å²) in [6, 6.07) is 71.5. The number of hydrogen-bond acceptors (Lipinski definition) is 4. The van der Waals surface area contributed by atoms with Crippen molar-refractivity contribution in [2.24, 2.45) is 0 Å². The van der Waals surface area contributed by atoms with E-state index in [1.807, 2.05) is 35.6 Å². The van der Waals surface area contributed by atoms with Gasteiger partial charge in [0.05, 0.1) is 0 Å². The summed E-state index contributed by atoms with van der Waals surface area (Å²) >= 11 is 1.86. The Balaban J connectivity index is 0.924. The van der Waals surface area contributed by atoms with Gasteiger partial charge < -0.3 is 13.7 Å². The second-order valence-electron chi connectivity index (χ2n) is 14.9. The van der Waals surface area contributed by atoms with Gasteiger partial charge in [0.1, 0.15) is 22.3 Å². The Kier molecular flexibility index (Phi) is 7.40. The number of thiophene rings is 1. The molecule has 3 nitrogen and oxygen atoms in total. The SMILES string of the molecule is c1ccc(-c2cccc(N(c3ccc(-c4ccc5c(c4)oc4ccc6oc7ccccc7c6c45)cc3)c3ccc(-c4ccc5c(c4)sc4ccccc45)cc3)c2)cc1. The Morgan fingerprint density at radius 3 is 1.55 bits per heavy atom. The summed E-state index contributed by atoms with van der Waals surface area (Å²) in [5.74, 6) is 0. The van der Waals surface area contributed by atoms with E-state index < -0.39 is 0 Å². The summed E-state index contributed by atoms with van der Waals surface area (Å²) in [5.41, 5.74) is 13.7. The van der Waals surface area contributed by atoms with E-state index in [2.05, 4.69) is 181 Å². The van der Waals surface area contributed by atoms with Crippen molar-refractivity contribution in [1.82, 2.24) is 0 Å². The molecule has 0 atom stereocenters. The maximum Gasteiger partial charge on any atom is 0.136 e. The lowest BCUT2D eigenvalue weighted by Crippen LogP contribution is -2.10. The van der Waals surface area contributed by atoms with Gasteiger partial charge in [0.15, 0.2) is 0 Å². The second kappa shape index (κ2) is 13.1. The second-order valence-corrected chi connectivity index (χ2v) is 16.0. The Bertz CT molecular complexity index is 3500. The van der Waals surface area contributed by atoms with E-state index in [1.165, 1.54) is 42.4 Å². The van der Waals surface area contributed by atoms with Crippen molar-refractivity contribution in [3.05, 3.63) is 200 Å². The van der Waals surface area contributed by atoms with E-state index in [4.69, 9.17) is 8.83 Å². The fourth-order valence-corrected chi connectivity index (χ4v) is 9.82. The zero-order valence-electron chi connectivity index (χ0n) is 31.2. The van der Waals surface area contributed by atoms with E-state index in [-0.39, 0.29) is 0 Å². The van der Waals surface area contributed by atoms with Crippen molar-refractivity contribution in [2.75, 3.05) is 4.90 Å². The minimum atomic E-state index is 0.861. The normalized spacial score (nSPS) is 11.8. The lowest BCUT2D eigenvalue weighted by atomic mass is 10.0. The van der Waals surface area contributed by atoms with Gasteiger partial charge in [-0.2, -0.15) is 0 Å². The Morgan fingerprint density at radius 2 is 0.810 bits per heavy atom. The van der Waals surface area contributed by atoms with Gasteiger partial charge >= 0.3 is 0 Å². The van der Waals surface area contributed by atoms with Crippen LogP contribution >= 0.6 is 11.3 Å². The molecule has 4 heteroatoms. The highest BCUT2D eigenvalue weighted by Crippen LogP contribution is 2.43. The number of benzene rings is 9. The minimum absolute atomic E-state index is 0.861. The van der Waals surface area contributed by atoms with Crippen LogP contribution in [-0.2, 0) is 0 Å². The van der Waals surface area contributed by atoms with Gasteiger partial charge in [-0.25, -0.2) is 0 Å². The molecule has 12 rings (SSSR count).